The van der Waals surface area contributed by atoms with Gasteiger partial charge >= 0.3 is 5.97 Å². The van der Waals surface area contributed by atoms with Crippen molar-refractivity contribution in [2.45, 2.75) is 64.9 Å². The number of aliphatic hydroxyl groups excluding tert-OH is 1. The number of esters is 1. The Kier molecular flexibility index (Phi) is 10.3. The van der Waals surface area contributed by atoms with Crippen molar-refractivity contribution in [3.05, 3.63) is 71.8 Å². The molecule has 3 aromatic rings. The zero-order valence-electron chi connectivity index (χ0n) is 21.6. The number of aliphatic hydroxyl groups is 1. The molecule has 1 atom stereocenters. The van der Waals surface area contributed by atoms with Gasteiger partial charge in [-0.1, -0.05) is 48.5 Å². The van der Waals surface area contributed by atoms with Gasteiger partial charge in [-0.05, 0) is 63.6 Å². The number of aromatic nitrogens is 1. The van der Waals surface area contributed by atoms with Crippen molar-refractivity contribution < 1.29 is 19.4 Å². The van der Waals surface area contributed by atoms with E-state index in [0.717, 1.165) is 36.6 Å². The highest BCUT2D eigenvalue weighted by Gasteiger charge is 2.27. The molecule has 0 radical (unpaired) electrons. The second-order valence-electron chi connectivity index (χ2n) is 9.67. The highest BCUT2D eigenvalue weighted by Crippen LogP contribution is 2.30. The highest BCUT2D eigenvalue weighted by atomic mass is 16.5. The molecule has 190 valence electrons. The minimum Gasteiger partial charge on any atom is -0.477 e. The third-order valence-corrected chi connectivity index (χ3v) is 6.30. The highest BCUT2D eigenvalue weighted by molar-refractivity contribution is 5.80. The van der Waals surface area contributed by atoms with E-state index in [9.17, 15) is 9.90 Å². The number of carbonyl (C=O) groups is 1. The second kappa shape index (κ2) is 13.7. The molecule has 0 spiro atoms. The van der Waals surface area contributed by atoms with Crippen LogP contribution in [0.25, 0.3) is 10.9 Å². The van der Waals surface area contributed by atoms with Crippen molar-refractivity contribution in [3.8, 4) is 17.7 Å². The first-order chi connectivity index (χ1) is 17.4. The van der Waals surface area contributed by atoms with E-state index in [0.29, 0.717) is 30.9 Å². The Labute approximate surface area is 214 Å². The molecule has 0 amide bonds. The Bertz CT molecular complexity index is 1180. The number of para-hydroxylation sites is 1. The van der Waals surface area contributed by atoms with Crippen molar-refractivity contribution in [1.82, 2.24) is 4.98 Å². The van der Waals surface area contributed by atoms with Gasteiger partial charge < -0.3 is 14.6 Å². The van der Waals surface area contributed by atoms with Gasteiger partial charge in [0.1, 0.15) is 0 Å². The SMILES string of the molecule is COC(=O)C(C)(C)CCC#CCC(O)c1cc2ccccc2nc1OCCCCCc1ccccc1. The molecule has 3 rings (SSSR count). The van der Waals surface area contributed by atoms with Crippen LogP contribution in [-0.4, -0.2) is 29.8 Å². The number of pyridine rings is 1. The van der Waals surface area contributed by atoms with E-state index in [4.69, 9.17) is 9.47 Å². The molecule has 2 aromatic carbocycles. The molecule has 0 saturated heterocycles. The lowest BCUT2D eigenvalue weighted by atomic mass is 9.88. The molecule has 36 heavy (non-hydrogen) atoms. The topological polar surface area (TPSA) is 68.7 Å². The van der Waals surface area contributed by atoms with E-state index in [-0.39, 0.29) is 12.4 Å². The summed E-state index contributed by atoms with van der Waals surface area (Å²) in [5.74, 6) is 6.36. The molecule has 0 bridgehead atoms. The zero-order valence-corrected chi connectivity index (χ0v) is 21.6. The maximum atomic E-state index is 11.8. The molecule has 1 unspecified atom stereocenters. The van der Waals surface area contributed by atoms with Crippen LogP contribution >= 0.6 is 0 Å². The number of carbonyl (C=O) groups excluding carboxylic acids is 1. The molecule has 5 heteroatoms. The molecular formula is C31H37NO4. The molecule has 0 aliphatic carbocycles. The fraction of sp³-hybridized carbons (Fsp3) is 0.419. The van der Waals surface area contributed by atoms with Crippen molar-refractivity contribution in [2.75, 3.05) is 13.7 Å². The molecule has 0 saturated carbocycles. The van der Waals surface area contributed by atoms with E-state index in [2.05, 4.69) is 41.1 Å². The van der Waals surface area contributed by atoms with Gasteiger partial charge in [-0.3, -0.25) is 4.79 Å². The lowest BCUT2D eigenvalue weighted by Crippen LogP contribution is -2.25. The van der Waals surface area contributed by atoms with Crippen molar-refractivity contribution in [1.29, 1.82) is 0 Å². The van der Waals surface area contributed by atoms with E-state index >= 15 is 0 Å². The van der Waals surface area contributed by atoms with Crippen LogP contribution in [0, 0.1) is 17.3 Å². The normalized spacial score (nSPS) is 12.0. The third-order valence-electron chi connectivity index (χ3n) is 6.30. The van der Waals surface area contributed by atoms with E-state index in [1.165, 1.54) is 12.7 Å². The van der Waals surface area contributed by atoms with Crippen molar-refractivity contribution in [3.63, 3.8) is 0 Å². The van der Waals surface area contributed by atoms with E-state index in [1.807, 2.05) is 50.2 Å². The predicted molar refractivity (Wildman–Crippen MR) is 144 cm³/mol. The quantitative estimate of drug-likeness (QED) is 0.181. The summed E-state index contributed by atoms with van der Waals surface area (Å²) >= 11 is 0. The van der Waals surface area contributed by atoms with Crippen LogP contribution in [-0.2, 0) is 16.0 Å². The van der Waals surface area contributed by atoms with E-state index in [1.54, 1.807) is 0 Å². The summed E-state index contributed by atoms with van der Waals surface area (Å²) in [6.45, 7) is 4.25. The zero-order chi connectivity index (χ0) is 25.8. The van der Waals surface area contributed by atoms with Gasteiger partial charge in [0, 0.05) is 23.8 Å². The number of unbranched alkanes of at least 4 members (excludes halogenated alkanes) is 2. The molecule has 1 aromatic heterocycles. The average Bonchev–Trinajstić information content (AvgIpc) is 2.89. The second-order valence-corrected chi connectivity index (χ2v) is 9.67. The average molecular weight is 488 g/mol. The number of fused-ring (bicyclic) bond motifs is 1. The Balaban J connectivity index is 1.57. The minimum atomic E-state index is -0.809. The summed E-state index contributed by atoms with van der Waals surface area (Å²) in [7, 11) is 1.40. The summed E-state index contributed by atoms with van der Waals surface area (Å²) in [4.78, 5) is 16.5. The number of aryl methyl sites for hydroxylation is 1. The summed E-state index contributed by atoms with van der Waals surface area (Å²) < 4.78 is 10.9. The van der Waals surface area contributed by atoms with Gasteiger partial charge in [0.2, 0.25) is 5.88 Å². The lowest BCUT2D eigenvalue weighted by molar-refractivity contribution is -0.151. The summed E-state index contributed by atoms with van der Waals surface area (Å²) in [6, 6.07) is 20.3. The number of rotatable bonds is 12. The van der Waals surface area contributed by atoms with Crippen LogP contribution in [0.2, 0.25) is 0 Å². The maximum absolute atomic E-state index is 11.8. The fourth-order valence-corrected chi connectivity index (χ4v) is 4.01. The van der Waals surface area contributed by atoms with Crippen LogP contribution in [0.4, 0.5) is 0 Å². The van der Waals surface area contributed by atoms with Crippen molar-refractivity contribution >= 4 is 16.9 Å². The first-order valence-corrected chi connectivity index (χ1v) is 12.7. The predicted octanol–water partition coefficient (Wildman–Crippen LogP) is 6.43. The smallest absolute Gasteiger partial charge is 0.311 e. The van der Waals surface area contributed by atoms with Crippen LogP contribution in [0.3, 0.4) is 0 Å². The molecule has 1 heterocycles. The standard InChI is InChI=1S/C31H37NO4/c1-31(2,30(34)35-3)21-13-5-10-20-28(33)26-23-25-18-11-12-19-27(25)32-29(26)36-22-14-6-9-17-24-15-7-4-8-16-24/h4,7-8,11-12,15-16,18-19,23,28,33H,6,9,13-14,17,20-22H2,1-3H3. The van der Waals surface area contributed by atoms with Gasteiger partial charge in [0.05, 0.1) is 30.8 Å². The lowest BCUT2D eigenvalue weighted by Gasteiger charge is -2.19. The number of methoxy groups -OCH3 is 1. The van der Waals surface area contributed by atoms with Crippen LogP contribution in [0.15, 0.2) is 60.7 Å². The summed E-state index contributed by atoms with van der Waals surface area (Å²) in [5, 5.41) is 11.9. The van der Waals surface area contributed by atoms with Crippen LogP contribution < -0.4 is 4.74 Å². The summed E-state index contributed by atoms with van der Waals surface area (Å²) in [6.07, 6.45) is 4.77. The number of hydrogen-bond donors (Lipinski definition) is 1. The Morgan fingerprint density at radius 2 is 1.78 bits per heavy atom. The minimum absolute atomic E-state index is 0.242. The van der Waals surface area contributed by atoms with Crippen LogP contribution in [0.1, 0.15) is 69.6 Å². The fourth-order valence-electron chi connectivity index (χ4n) is 4.01. The number of hydrogen-bond acceptors (Lipinski definition) is 5. The largest absolute Gasteiger partial charge is 0.477 e. The molecular weight excluding hydrogens is 450 g/mol. The number of ether oxygens (including phenoxy) is 2. The summed E-state index contributed by atoms with van der Waals surface area (Å²) in [5.41, 5.74) is 2.27. The van der Waals surface area contributed by atoms with Gasteiger partial charge in [-0.2, -0.15) is 0 Å². The van der Waals surface area contributed by atoms with Crippen molar-refractivity contribution in [2.24, 2.45) is 5.41 Å². The van der Waals surface area contributed by atoms with Gasteiger partial charge in [0.25, 0.3) is 0 Å². The number of nitrogens with zero attached hydrogens (tertiary/aromatic N) is 1. The maximum Gasteiger partial charge on any atom is 0.311 e. The molecule has 0 aliphatic rings. The monoisotopic (exact) mass is 487 g/mol. The van der Waals surface area contributed by atoms with E-state index < -0.39 is 11.5 Å². The molecule has 1 N–H and O–H groups in total. The van der Waals surface area contributed by atoms with Gasteiger partial charge in [-0.15, -0.1) is 11.8 Å². The Hall–Kier alpha value is -3.36. The molecule has 0 aliphatic heterocycles. The Morgan fingerprint density at radius 1 is 1.03 bits per heavy atom. The third kappa shape index (κ3) is 8.10. The Morgan fingerprint density at radius 3 is 2.56 bits per heavy atom. The van der Waals surface area contributed by atoms with Crippen LogP contribution in [0.5, 0.6) is 5.88 Å². The number of benzene rings is 2. The first kappa shape index (κ1) is 27.2. The first-order valence-electron chi connectivity index (χ1n) is 12.7. The molecule has 0 fully saturated rings. The van der Waals surface area contributed by atoms with Gasteiger partial charge in [-0.25, -0.2) is 4.98 Å². The van der Waals surface area contributed by atoms with Gasteiger partial charge in [0.15, 0.2) is 0 Å². The molecule has 5 nitrogen and oxygen atoms in total.